The summed E-state index contributed by atoms with van der Waals surface area (Å²) in [4.78, 5) is 10.7. The van der Waals surface area contributed by atoms with E-state index in [1.54, 1.807) is 0 Å². The Balaban J connectivity index is 3.48. The lowest BCUT2D eigenvalue weighted by Crippen LogP contribution is -2.24. The van der Waals surface area contributed by atoms with Gasteiger partial charge >= 0.3 is 5.97 Å². The zero-order chi connectivity index (χ0) is 18.8. The second-order valence-electron chi connectivity index (χ2n) is 5.58. The average molecular weight is 364 g/mol. The Bertz CT molecular complexity index is 299. The molecule has 0 aliphatic heterocycles. The van der Waals surface area contributed by atoms with Gasteiger partial charge in [-0.2, -0.15) is 0 Å². The van der Waals surface area contributed by atoms with Crippen LogP contribution in [0.4, 0.5) is 0 Å². The van der Waals surface area contributed by atoms with E-state index >= 15 is 0 Å². The molecule has 0 bridgehead atoms. The minimum Gasteiger partial charge on any atom is -0.463 e. The summed E-state index contributed by atoms with van der Waals surface area (Å²) in [5.74, 6) is -0.284. The highest BCUT2D eigenvalue weighted by atomic mass is 16.6. The first-order valence-corrected chi connectivity index (χ1v) is 9.19. The first-order chi connectivity index (χ1) is 12.1. The Morgan fingerprint density at radius 2 is 1.36 bits per heavy atom. The molecule has 0 heterocycles. The average Bonchev–Trinajstić information content (AvgIpc) is 2.59. The van der Waals surface area contributed by atoms with Crippen LogP contribution in [0, 0.1) is 0 Å². The lowest BCUT2D eigenvalue weighted by molar-refractivity contribution is -0.143. The van der Waals surface area contributed by atoms with Crippen LogP contribution >= 0.6 is 0 Å². The molecule has 150 valence electrons. The van der Waals surface area contributed by atoms with Crippen LogP contribution in [0.25, 0.3) is 0 Å². The van der Waals surface area contributed by atoms with Gasteiger partial charge in [-0.3, -0.25) is 4.79 Å². The lowest BCUT2D eigenvalue weighted by atomic mass is 10.1. The number of hydrogen-bond acceptors (Lipinski definition) is 7. The van der Waals surface area contributed by atoms with Crippen molar-refractivity contribution in [2.45, 2.75) is 52.7 Å². The molecule has 0 spiro atoms. The zero-order valence-corrected chi connectivity index (χ0v) is 16.3. The van der Waals surface area contributed by atoms with Crippen molar-refractivity contribution in [3.05, 3.63) is 0 Å². The summed E-state index contributed by atoms with van der Waals surface area (Å²) in [5, 5.41) is 0. The monoisotopic (exact) mass is 364 g/mol. The molecule has 0 aromatic rings. The minimum atomic E-state index is -0.284. The second kappa shape index (κ2) is 18.1. The van der Waals surface area contributed by atoms with Crippen LogP contribution in [-0.4, -0.2) is 77.6 Å². The number of esters is 1. The summed E-state index contributed by atoms with van der Waals surface area (Å²) in [6.07, 6.45) is 1.88. The molecule has 0 rings (SSSR count). The smallest absolute Gasteiger partial charge is 0.302 e. The lowest BCUT2D eigenvalue weighted by Gasteiger charge is -2.20. The summed E-state index contributed by atoms with van der Waals surface area (Å²) in [5.41, 5.74) is 0. The van der Waals surface area contributed by atoms with Gasteiger partial charge in [-0.25, -0.2) is 0 Å². The summed E-state index contributed by atoms with van der Waals surface area (Å²) < 4.78 is 32.3. The third kappa shape index (κ3) is 17.9. The molecule has 0 radical (unpaired) electrons. The van der Waals surface area contributed by atoms with E-state index in [-0.39, 0.29) is 18.2 Å². The van der Waals surface area contributed by atoms with Gasteiger partial charge in [0.15, 0.2) is 0 Å². The van der Waals surface area contributed by atoms with Gasteiger partial charge in [-0.15, -0.1) is 0 Å². The molecule has 0 aliphatic carbocycles. The highest BCUT2D eigenvalue weighted by molar-refractivity contribution is 5.65. The third-order valence-corrected chi connectivity index (χ3v) is 3.37. The van der Waals surface area contributed by atoms with Crippen molar-refractivity contribution in [3.8, 4) is 0 Å². The number of hydrogen-bond donors (Lipinski definition) is 0. The van der Waals surface area contributed by atoms with Crippen molar-refractivity contribution in [2.24, 2.45) is 0 Å². The fourth-order valence-electron chi connectivity index (χ4n) is 2.08. The standard InChI is InChI=1S/C18H36O7/c1-5-18(25-14-13-24-17(4)19)15-16(3)23-12-11-22-10-9-21-8-7-20-6-2/h16,18H,5-15H2,1-4H3. The Hall–Kier alpha value is -0.730. The van der Waals surface area contributed by atoms with E-state index in [0.29, 0.717) is 59.5 Å². The fourth-order valence-corrected chi connectivity index (χ4v) is 2.08. The SMILES string of the molecule is CCOCCOCCOCCOC(C)CC(CC)OCCOC(C)=O. The first kappa shape index (κ1) is 24.3. The summed E-state index contributed by atoms with van der Waals surface area (Å²) in [6, 6.07) is 0. The van der Waals surface area contributed by atoms with Crippen LogP contribution < -0.4 is 0 Å². The molecule has 0 aliphatic rings. The van der Waals surface area contributed by atoms with Crippen molar-refractivity contribution < 1.29 is 33.2 Å². The number of carbonyl (C=O) groups excluding carboxylic acids is 1. The van der Waals surface area contributed by atoms with Crippen LogP contribution in [0.2, 0.25) is 0 Å². The summed E-state index contributed by atoms with van der Waals surface area (Å²) >= 11 is 0. The molecule has 0 saturated heterocycles. The van der Waals surface area contributed by atoms with Gasteiger partial charge in [0.2, 0.25) is 0 Å². The van der Waals surface area contributed by atoms with Crippen LogP contribution in [-0.2, 0) is 33.2 Å². The first-order valence-electron chi connectivity index (χ1n) is 9.19. The largest absolute Gasteiger partial charge is 0.463 e. The summed E-state index contributed by atoms with van der Waals surface area (Å²) in [6.45, 7) is 12.3. The minimum absolute atomic E-state index is 0.0877. The van der Waals surface area contributed by atoms with Gasteiger partial charge in [0.05, 0.1) is 58.5 Å². The van der Waals surface area contributed by atoms with Crippen molar-refractivity contribution in [1.29, 1.82) is 0 Å². The van der Waals surface area contributed by atoms with Gasteiger partial charge in [0.1, 0.15) is 6.61 Å². The Morgan fingerprint density at radius 1 is 0.800 bits per heavy atom. The fraction of sp³-hybridized carbons (Fsp3) is 0.944. The quantitative estimate of drug-likeness (QED) is 0.273. The van der Waals surface area contributed by atoms with E-state index in [4.69, 9.17) is 28.4 Å². The van der Waals surface area contributed by atoms with E-state index in [9.17, 15) is 4.79 Å². The molecule has 0 fully saturated rings. The van der Waals surface area contributed by atoms with Crippen molar-refractivity contribution in [2.75, 3.05) is 59.5 Å². The summed E-state index contributed by atoms with van der Waals surface area (Å²) in [7, 11) is 0. The molecule has 0 aromatic heterocycles. The highest BCUT2D eigenvalue weighted by Crippen LogP contribution is 2.09. The maximum Gasteiger partial charge on any atom is 0.302 e. The van der Waals surface area contributed by atoms with Crippen LogP contribution in [0.1, 0.15) is 40.5 Å². The van der Waals surface area contributed by atoms with Crippen molar-refractivity contribution in [1.82, 2.24) is 0 Å². The van der Waals surface area contributed by atoms with E-state index in [1.807, 2.05) is 13.8 Å². The predicted molar refractivity (Wildman–Crippen MR) is 94.8 cm³/mol. The zero-order valence-electron chi connectivity index (χ0n) is 16.3. The Kier molecular flexibility index (Phi) is 17.5. The molecule has 2 unspecified atom stereocenters. The van der Waals surface area contributed by atoms with Gasteiger partial charge in [0, 0.05) is 13.5 Å². The van der Waals surface area contributed by atoms with Crippen molar-refractivity contribution >= 4 is 5.97 Å². The molecule has 0 N–H and O–H groups in total. The second-order valence-corrected chi connectivity index (χ2v) is 5.58. The van der Waals surface area contributed by atoms with Crippen molar-refractivity contribution in [3.63, 3.8) is 0 Å². The molecule has 0 amide bonds. The molecular weight excluding hydrogens is 328 g/mol. The van der Waals surface area contributed by atoms with Gasteiger partial charge < -0.3 is 28.4 Å². The Labute approximate surface area is 152 Å². The molecule has 7 heteroatoms. The van der Waals surface area contributed by atoms with Gasteiger partial charge in [-0.1, -0.05) is 6.92 Å². The van der Waals surface area contributed by atoms with Gasteiger partial charge in [0.25, 0.3) is 0 Å². The maximum absolute atomic E-state index is 10.7. The van der Waals surface area contributed by atoms with Crippen LogP contribution in [0.3, 0.4) is 0 Å². The molecule has 0 aromatic carbocycles. The molecule has 2 atom stereocenters. The third-order valence-electron chi connectivity index (χ3n) is 3.37. The normalized spacial score (nSPS) is 13.6. The molecular formula is C18H36O7. The topological polar surface area (TPSA) is 72.5 Å². The van der Waals surface area contributed by atoms with Gasteiger partial charge in [-0.05, 0) is 26.7 Å². The highest BCUT2D eigenvalue weighted by Gasteiger charge is 2.12. The van der Waals surface area contributed by atoms with E-state index < -0.39 is 0 Å². The Morgan fingerprint density at radius 3 is 1.92 bits per heavy atom. The number of carbonyl (C=O) groups is 1. The number of ether oxygens (including phenoxy) is 6. The molecule has 25 heavy (non-hydrogen) atoms. The van der Waals surface area contributed by atoms with Crippen LogP contribution in [0.15, 0.2) is 0 Å². The van der Waals surface area contributed by atoms with E-state index in [2.05, 4.69) is 6.92 Å². The number of rotatable bonds is 18. The maximum atomic E-state index is 10.7. The molecule has 0 saturated carbocycles. The predicted octanol–water partition coefficient (Wildman–Crippen LogP) is 2.21. The van der Waals surface area contributed by atoms with Crippen LogP contribution in [0.5, 0.6) is 0 Å². The van der Waals surface area contributed by atoms with E-state index in [0.717, 1.165) is 12.8 Å². The van der Waals surface area contributed by atoms with E-state index in [1.165, 1.54) is 6.92 Å². The molecule has 7 nitrogen and oxygen atoms in total.